The van der Waals surface area contributed by atoms with Gasteiger partial charge in [-0.1, -0.05) is 51.3 Å². The van der Waals surface area contributed by atoms with E-state index in [1.807, 2.05) is 0 Å². The van der Waals surface area contributed by atoms with Crippen molar-refractivity contribution in [1.82, 2.24) is 9.88 Å². The second-order valence-electron chi connectivity index (χ2n) is 5.93. The van der Waals surface area contributed by atoms with Crippen molar-refractivity contribution >= 4 is 10.9 Å². The number of rotatable bonds is 10. The Balaban J connectivity index is 2.03. The normalized spacial score (nSPS) is 11.3. The first-order valence-electron chi connectivity index (χ1n) is 8.64. The largest absolute Gasteiger partial charge is 0.347 e. The number of aryl methyl sites for hydroxylation is 1. The molecule has 0 aliphatic carbocycles. The second kappa shape index (κ2) is 8.89. The molecule has 0 aliphatic heterocycles. The quantitative estimate of drug-likeness (QED) is 0.623. The zero-order valence-corrected chi connectivity index (χ0v) is 13.7. The summed E-state index contributed by atoms with van der Waals surface area (Å²) in [5, 5.41) is 4.94. The average molecular weight is 286 g/mol. The van der Waals surface area contributed by atoms with Crippen LogP contribution >= 0.6 is 0 Å². The molecular formula is C19H30N2. The lowest BCUT2D eigenvalue weighted by Crippen LogP contribution is -2.17. The lowest BCUT2D eigenvalue weighted by Gasteiger charge is -2.04. The highest BCUT2D eigenvalue weighted by Gasteiger charge is 2.07. The van der Waals surface area contributed by atoms with E-state index in [1.165, 1.54) is 48.6 Å². The van der Waals surface area contributed by atoms with Crippen LogP contribution in [0.1, 0.15) is 51.5 Å². The molecule has 116 valence electrons. The van der Waals surface area contributed by atoms with Crippen molar-refractivity contribution in [2.75, 3.05) is 13.1 Å². The fourth-order valence-corrected chi connectivity index (χ4v) is 2.94. The smallest absolute Gasteiger partial charge is 0.0483 e. The molecule has 2 nitrogen and oxygen atoms in total. The molecule has 0 fully saturated rings. The van der Waals surface area contributed by atoms with Crippen LogP contribution in [0.15, 0.2) is 30.5 Å². The molecule has 0 bridgehead atoms. The van der Waals surface area contributed by atoms with E-state index in [1.54, 1.807) is 0 Å². The van der Waals surface area contributed by atoms with Gasteiger partial charge in [0.05, 0.1) is 0 Å². The van der Waals surface area contributed by atoms with Gasteiger partial charge < -0.3 is 9.88 Å². The highest BCUT2D eigenvalue weighted by molar-refractivity contribution is 5.84. The van der Waals surface area contributed by atoms with Gasteiger partial charge in [0.1, 0.15) is 0 Å². The molecule has 0 radical (unpaired) electrons. The Morgan fingerprint density at radius 3 is 2.62 bits per heavy atom. The molecule has 1 N–H and O–H groups in total. The molecule has 1 heterocycles. The predicted molar refractivity (Wildman–Crippen MR) is 92.9 cm³/mol. The average Bonchev–Trinajstić information content (AvgIpc) is 2.87. The first-order valence-corrected chi connectivity index (χ1v) is 8.64. The van der Waals surface area contributed by atoms with Gasteiger partial charge in [0.15, 0.2) is 0 Å². The molecule has 0 spiro atoms. The summed E-state index contributed by atoms with van der Waals surface area (Å²) >= 11 is 0. The van der Waals surface area contributed by atoms with Crippen molar-refractivity contribution in [1.29, 1.82) is 0 Å². The van der Waals surface area contributed by atoms with Gasteiger partial charge in [-0.05, 0) is 44.0 Å². The van der Waals surface area contributed by atoms with E-state index in [9.17, 15) is 0 Å². The zero-order valence-electron chi connectivity index (χ0n) is 13.7. The van der Waals surface area contributed by atoms with Crippen LogP contribution in [0.3, 0.4) is 0 Å². The lowest BCUT2D eigenvalue weighted by atomic mass is 10.1. The number of aromatic nitrogens is 1. The van der Waals surface area contributed by atoms with Gasteiger partial charge in [-0.2, -0.15) is 0 Å². The minimum atomic E-state index is 1.08. The topological polar surface area (TPSA) is 17.0 Å². The van der Waals surface area contributed by atoms with Crippen LogP contribution < -0.4 is 5.32 Å². The third-order valence-electron chi connectivity index (χ3n) is 4.12. The molecule has 2 rings (SSSR count). The Labute approximate surface area is 129 Å². The maximum atomic E-state index is 3.51. The number of para-hydroxylation sites is 1. The van der Waals surface area contributed by atoms with Gasteiger partial charge >= 0.3 is 0 Å². The molecule has 21 heavy (non-hydrogen) atoms. The Morgan fingerprint density at radius 2 is 1.81 bits per heavy atom. The van der Waals surface area contributed by atoms with Crippen molar-refractivity contribution in [3.63, 3.8) is 0 Å². The number of unbranched alkanes of at least 4 members (excludes halogenated alkanes) is 3. The summed E-state index contributed by atoms with van der Waals surface area (Å²) in [4.78, 5) is 0. The summed E-state index contributed by atoms with van der Waals surface area (Å²) in [5.41, 5.74) is 2.89. The summed E-state index contributed by atoms with van der Waals surface area (Å²) in [6, 6.07) is 8.85. The van der Waals surface area contributed by atoms with E-state index in [0.717, 1.165) is 26.1 Å². The third kappa shape index (κ3) is 4.60. The predicted octanol–water partition coefficient (Wildman–Crippen LogP) is 4.76. The Hall–Kier alpha value is -1.28. The van der Waals surface area contributed by atoms with Crippen LogP contribution in [0.5, 0.6) is 0 Å². The molecule has 0 aliphatic rings. The van der Waals surface area contributed by atoms with Crippen molar-refractivity contribution in [3.05, 3.63) is 36.0 Å². The van der Waals surface area contributed by atoms with E-state index in [4.69, 9.17) is 0 Å². The zero-order chi connectivity index (χ0) is 14.9. The van der Waals surface area contributed by atoms with Crippen molar-refractivity contribution in [2.45, 2.75) is 58.9 Å². The van der Waals surface area contributed by atoms with Crippen LogP contribution in [0.25, 0.3) is 10.9 Å². The monoisotopic (exact) mass is 286 g/mol. The number of nitrogens with zero attached hydrogens (tertiary/aromatic N) is 1. The summed E-state index contributed by atoms with van der Waals surface area (Å²) in [6.07, 6.45) is 10.0. The maximum absolute atomic E-state index is 3.51. The van der Waals surface area contributed by atoms with Crippen LogP contribution in [0, 0.1) is 0 Å². The van der Waals surface area contributed by atoms with Crippen LogP contribution in [-0.4, -0.2) is 17.7 Å². The number of fused-ring (bicyclic) bond motifs is 1. The number of hydrogen-bond acceptors (Lipinski definition) is 1. The van der Waals surface area contributed by atoms with Crippen LogP contribution in [-0.2, 0) is 13.0 Å². The molecule has 1 aromatic carbocycles. The van der Waals surface area contributed by atoms with Crippen molar-refractivity contribution in [2.24, 2.45) is 0 Å². The lowest BCUT2D eigenvalue weighted by molar-refractivity contribution is 0.592. The Bertz CT molecular complexity index is 481. The third-order valence-corrected chi connectivity index (χ3v) is 4.12. The van der Waals surface area contributed by atoms with E-state index in [2.05, 4.69) is 54.2 Å². The van der Waals surface area contributed by atoms with E-state index >= 15 is 0 Å². The second-order valence-corrected chi connectivity index (χ2v) is 5.93. The summed E-state index contributed by atoms with van der Waals surface area (Å²) in [7, 11) is 0. The summed E-state index contributed by atoms with van der Waals surface area (Å²) in [5.74, 6) is 0. The first-order chi connectivity index (χ1) is 10.4. The first kappa shape index (κ1) is 16.1. The number of benzene rings is 1. The summed E-state index contributed by atoms with van der Waals surface area (Å²) in [6.45, 7) is 7.85. The Kier molecular flexibility index (Phi) is 6.81. The standard InChI is InChI=1S/C19H30N2/c1-3-5-6-9-15-21-16-17(12-14-20-13-4-2)18-10-7-8-11-19(18)21/h7-8,10-11,16,20H,3-6,9,12-15H2,1-2H3. The van der Waals surface area contributed by atoms with Crippen molar-refractivity contribution < 1.29 is 0 Å². The molecular weight excluding hydrogens is 256 g/mol. The SMILES string of the molecule is CCCCCCn1cc(CCNCCC)c2ccccc21. The molecule has 0 amide bonds. The molecule has 0 unspecified atom stereocenters. The van der Waals surface area contributed by atoms with Gasteiger partial charge in [-0.3, -0.25) is 0 Å². The van der Waals surface area contributed by atoms with Gasteiger partial charge in [0.25, 0.3) is 0 Å². The van der Waals surface area contributed by atoms with Gasteiger partial charge in [-0.25, -0.2) is 0 Å². The molecule has 2 heteroatoms. The van der Waals surface area contributed by atoms with Crippen molar-refractivity contribution in [3.8, 4) is 0 Å². The fourth-order valence-electron chi connectivity index (χ4n) is 2.94. The van der Waals surface area contributed by atoms with E-state index in [-0.39, 0.29) is 0 Å². The fraction of sp³-hybridized carbons (Fsp3) is 0.579. The number of nitrogens with one attached hydrogen (secondary N) is 1. The minimum Gasteiger partial charge on any atom is -0.347 e. The molecule has 2 aromatic rings. The van der Waals surface area contributed by atoms with E-state index in [0.29, 0.717) is 0 Å². The molecule has 0 atom stereocenters. The molecule has 1 aromatic heterocycles. The molecule has 0 saturated carbocycles. The van der Waals surface area contributed by atoms with Gasteiger partial charge in [0.2, 0.25) is 0 Å². The highest BCUT2D eigenvalue weighted by atomic mass is 15.0. The van der Waals surface area contributed by atoms with Gasteiger partial charge in [0, 0.05) is 23.6 Å². The minimum absolute atomic E-state index is 1.08. The molecule has 0 saturated heterocycles. The van der Waals surface area contributed by atoms with E-state index < -0.39 is 0 Å². The van der Waals surface area contributed by atoms with Crippen LogP contribution in [0.2, 0.25) is 0 Å². The number of hydrogen-bond donors (Lipinski definition) is 1. The maximum Gasteiger partial charge on any atom is 0.0483 e. The van der Waals surface area contributed by atoms with Gasteiger partial charge in [-0.15, -0.1) is 0 Å². The summed E-state index contributed by atoms with van der Waals surface area (Å²) < 4.78 is 2.46. The van der Waals surface area contributed by atoms with Crippen LogP contribution in [0.4, 0.5) is 0 Å². The highest BCUT2D eigenvalue weighted by Crippen LogP contribution is 2.22. The Morgan fingerprint density at radius 1 is 0.952 bits per heavy atom.